The van der Waals surface area contributed by atoms with Gasteiger partial charge >= 0.3 is 6.18 Å². The minimum atomic E-state index is -4.44. The number of rotatable bonds is 1. The highest BCUT2D eigenvalue weighted by atomic mass is 19.4. The van der Waals surface area contributed by atoms with Crippen molar-refractivity contribution in [2.75, 3.05) is 5.73 Å². The van der Waals surface area contributed by atoms with Gasteiger partial charge in [0.1, 0.15) is 5.82 Å². The zero-order valence-electron chi connectivity index (χ0n) is 10.9. The third-order valence-corrected chi connectivity index (χ3v) is 3.22. The maximum Gasteiger partial charge on any atom is 0.416 e. The van der Waals surface area contributed by atoms with Crippen molar-refractivity contribution in [3.05, 3.63) is 60.2 Å². The predicted molar refractivity (Wildman–Crippen MR) is 76.6 cm³/mol. The third-order valence-electron chi connectivity index (χ3n) is 3.22. The van der Waals surface area contributed by atoms with E-state index in [9.17, 15) is 13.2 Å². The Balaban J connectivity index is 2.16. The highest BCUT2D eigenvalue weighted by Crippen LogP contribution is 2.33. The van der Waals surface area contributed by atoms with E-state index in [4.69, 9.17) is 5.73 Å². The summed E-state index contributed by atoms with van der Waals surface area (Å²) in [5, 5.41) is 1.95. The van der Waals surface area contributed by atoms with Crippen molar-refractivity contribution in [3.63, 3.8) is 0 Å². The molecule has 0 saturated carbocycles. The van der Waals surface area contributed by atoms with Crippen LogP contribution in [0.5, 0.6) is 0 Å². The van der Waals surface area contributed by atoms with Gasteiger partial charge in [-0.25, -0.2) is 4.98 Å². The summed E-state index contributed by atoms with van der Waals surface area (Å²) < 4.78 is 38.5. The van der Waals surface area contributed by atoms with Crippen molar-refractivity contribution in [3.8, 4) is 11.3 Å². The van der Waals surface area contributed by atoms with Crippen LogP contribution in [0.1, 0.15) is 5.56 Å². The first kappa shape index (κ1) is 13.4. The Morgan fingerprint density at radius 1 is 0.857 bits per heavy atom. The van der Waals surface area contributed by atoms with Crippen LogP contribution < -0.4 is 5.73 Å². The van der Waals surface area contributed by atoms with Gasteiger partial charge in [0.25, 0.3) is 0 Å². The molecule has 0 fully saturated rings. The van der Waals surface area contributed by atoms with Gasteiger partial charge < -0.3 is 5.73 Å². The first-order chi connectivity index (χ1) is 9.93. The number of nitrogen functional groups attached to an aromatic ring is 1. The van der Waals surface area contributed by atoms with E-state index in [0.717, 1.165) is 22.9 Å². The number of benzene rings is 2. The van der Waals surface area contributed by atoms with Crippen LogP contribution in [-0.2, 0) is 6.18 Å². The normalized spacial score (nSPS) is 11.8. The van der Waals surface area contributed by atoms with Crippen LogP contribution in [-0.4, -0.2) is 4.98 Å². The van der Waals surface area contributed by atoms with Gasteiger partial charge in [-0.2, -0.15) is 13.2 Å². The number of pyridine rings is 1. The largest absolute Gasteiger partial charge is 0.416 e. The lowest BCUT2D eigenvalue weighted by Crippen LogP contribution is -2.07. The predicted octanol–water partition coefficient (Wildman–Crippen LogP) is 4.50. The molecular formula is C16H11F3N2. The fraction of sp³-hybridized carbons (Fsp3) is 0.0625. The number of fused-ring (bicyclic) bond motifs is 1. The van der Waals surface area contributed by atoms with Crippen molar-refractivity contribution in [1.82, 2.24) is 4.98 Å². The van der Waals surface area contributed by atoms with Gasteiger partial charge in [-0.3, -0.25) is 0 Å². The number of aromatic nitrogens is 1. The second-order valence-corrected chi connectivity index (χ2v) is 4.73. The van der Waals surface area contributed by atoms with Gasteiger partial charge in [0.2, 0.25) is 0 Å². The summed E-state index contributed by atoms with van der Waals surface area (Å²) in [6.07, 6.45) is -4.44. The summed E-state index contributed by atoms with van der Waals surface area (Å²) in [6, 6.07) is 14.9. The fourth-order valence-corrected chi connectivity index (χ4v) is 2.21. The molecule has 0 atom stereocenters. The van der Waals surface area contributed by atoms with Crippen molar-refractivity contribution < 1.29 is 13.2 Å². The second kappa shape index (κ2) is 4.77. The van der Waals surface area contributed by atoms with Crippen LogP contribution in [0.3, 0.4) is 0 Å². The number of alkyl halides is 3. The summed E-state index contributed by atoms with van der Waals surface area (Å²) >= 11 is 0. The number of nitrogens with two attached hydrogens (primary N) is 1. The first-order valence-electron chi connectivity index (χ1n) is 6.27. The third kappa shape index (κ3) is 2.67. The van der Waals surface area contributed by atoms with Gasteiger partial charge in [-0.05, 0) is 29.0 Å². The van der Waals surface area contributed by atoms with Gasteiger partial charge in [-0.1, -0.05) is 36.4 Å². The molecule has 5 heteroatoms. The van der Waals surface area contributed by atoms with Gasteiger partial charge in [-0.15, -0.1) is 0 Å². The lowest BCUT2D eigenvalue weighted by atomic mass is 10.0. The number of hydrogen-bond acceptors (Lipinski definition) is 2. The number of nitrogens with zero attached hydrogens (tertiary/aromatic N) is 1. The topological polar surface area (TPSA) is 38.9 Å². The van der Waals surface area contributed by atoms with Crippen molar-refractivity contribution >= 4 is 16.6 Å². The Bertz CT molecular complexity index is 810. The monoisotopic (exact) mass is 288 g/mol. The van der Waals surface area contributed by atoms with Crippen LogP contribution in [0.25, 0.3) is 22.0 Å². The summed E-state index contributed by atoms with van der Waals surface area (Å²) in [5.74, 6) is -0.145. The molecule has 0 radical (unpaired) electrons. The summed E-state index contributed by atoms with van der Waals surface area (Å²) in [6.45, 7) is 0. The highest BCUT2D eigenvalue weighted by Gasteiger charge is 2.31. The van der Waals surface area contributed by atoms with E-state index in [2.05, 4.69) is 4.98 Å². The van der Waals surface area contributed by atoms with Crippen LogP contribution >= 0.6 is 0 Å². The zero-order chi connectivity index (χ0) is 15.0. The second-order valence-electron chi connectivity index (χ2n) is 4.73. The van der Waals surface area contributed by atoms with E-state index in [1.807, 2.05) is 30.3 Å². The van der Waals surface area contributed by atoms with E-state index in [1.54, 1.807) is 12.1 Å². The molecule has 21 heavy (non-hydrogen) atoms. The molecule has 0 bridgehead atoms. The minimum absolute atomic E-state index is 0.145. The Morgan fingerprint density at radius 2 is 1.57 bits per heavy atom. The van der Waals surface area contributed by atoms with E-state index < -0.39 is 11.7 Å². The molecule has 0 saturated heterocycles. The standard InChI is InChI=1S/C16H11F3N2/c17-16(18,19)13-8-14(21-15(20)9-13)12-6-5-10-3-1-2-4-11(10)7-12/h1-9H,(H2,20,21). The molecule has 0 aliphatic carbocycles. The lowest BCUT2D eigenvalue weighted by Gasteiger charge is -2.10. The fourth-order valence-electron chi connectivity index (χ4n) is 2.21. The van der Waals surface area contributed by atoms with E-state index in [1.165, 1.54) is 0 Å². The van der Waals surface area contributed by atoms with Gasteiger partial charge in [0.15, 0.2) is 0 Å². The van der Waals surface area contributed by atoms with Crippen molar-refractivity contribution in [1.29, 1.82) is 0 Å². The van der Waals surface area contributed by atoms with Crippen LogP contribution in [0.4, 0.5) is 19.0 Å². The molecule has 3 rings (SSSR count). The molecule has 0 spiro atoms. The SMILES string of the molecule is Nc1cc(C(F)(F)F)cc(-c2ccc3ccccc3c2)n1. The maximum absolute atomic E-state index is 12.8. The van der Waals surface area contributed by atoms with E-state index >= 15 is 0 Å². The molecule has 0 unspecified atom stereocenters. The molecule has 0 aliphatic rings. The molecule has 2 aromatic carbocycles. The average molecular weight is 288 g/mol. The van der Waals surface area contributed by atoms with Crippen molar-refractivity contribution in [2.45, 2.75) is 6.18 Å². The molecule has 0 aliphatic heterocycles. The average Bonchev–Trinajstić information content (AvgIpc) is 2.45. The molecule has 2 nitrogen and oxygen atoms in total. The lowest BCUT2D eigenvalue weighted by molar-refractivity contribution is -0.137. The molecule has 106 valence electrons. The van der Waals surface area contributed by atoms with E-state index in [-0.39, 0.29) is 11.5 Å². The Kier molecular flexibility index (Phi) is 3.05. The molecule has 1 aromatic heterocycles. The minimum Gasteiger partial charge on any atom is -0.384 e. The van der Waals surface area contributed by atoms with Crippen LogP contribution in [0.2, 0.25) is 0 Å². The van der Waals surface area contributed by atoms with E-state index in [0.29, 0.717) is 5.56 Å². The Hall–Kier alpha value is -2.56. The molecule has 3 aromatic rings. The number of halogens is 3. The molecule has 1 heterocycles. The summed E-state index contributed by atoms with van der Waals surface area (Å²) in [7, 11) is 0. The number of anilines is 1. The Morgan fingerprint density at radius 3 is 2.29 bits per heavy atom. The summed E-state index contributed by atoms with van der Waals surface area (Å²) in [4.78, 5) is 4.00. The van der Waals surface area contributed by atoms with Crippen LogP contribution in [0, 0.1) is 0 Å². The highest BCUT2D eigenvalue weighted by molar-refractivity contribution is 5.86. The van der Waals surface area contributed by atoms with Crippen molar-refractivity contribution in [2.24, 2.45) is 0 Å². The number of hydrogen-bond donors (Lipinski definition) is 1. The quantitative estimate of drug-likeness (QED) is 0.716. The first-order valence-corrected chi connectivity index (χ1v) is 6.27. The smallest absolute Gasteiger partial charge is 0.384 e. The molecule has 2 N–H and O–H groups in total. The van der Waals surface area contributed by atoms with Gasteiger partial charge in [0, 0.05) is 5.56 Å². The Labute approximate surface area is 119 Å². The van der Waals surface area contributed by atoms with Gasteiger partial charge in [0.05, 0.1) is 11.3 Å². The molecular weight excluding hydrogens is 277 g/mol. The zero-order valence-corrected chi connectivity index (χ0v) is 10.9. The summed E-state index contributed by atoms with van der Waals surface area (Å²) in [5.41, 5.74) is 5.52. The molecule has 0 amide bonds. The maximum atomic E-state index is 12.8. The van der Waals surface area contributed by atoms with Crippen LogP contribution in [0.15, 0.2) is 54.6 Å².